The first-order chi connectivity index (χ1) is 21.8. The number of rotatable bonds is 10. The van der Waals surface area contributed by atoms with Crippen molar-refractivity contribution in [3.63, 3.8) is 0 Å². The van der Waals surface area contributed by atoms with Crippen LogP contribution in [0.2, 0.25) is 0 Å². The van der Waals surface area contributed by atoms with E-state index in [9.17, 15) is 14.7 Å². The highest BCUT2D eigenvalue weighted by atomic mass is 127. The lowest BCUT2D eigenvalue weighted by Gasteiger charge is -2.36. The average molecular weight is 725 g/mol. The second kappa shape index (κ2) is 14.0. The molecule has 0 bridgehead atoms. The van der Waals surface area contributed by atoms with E-state index in [2.05, 4.69) is 71.7 Å². The zero-order valence-electron chi connectivity index (χ0n) is 26.6. The van der Waals surface area contributed by atoms with Crippen molar-refractivity contribution in [2.24, 2.45) is 17.8 Å². The summed E-state index contributed by atoms with van der Waals surface area (Å²) in [5.41, 5.74) is 6.15. The maximum atomic E-state index is 14.0. The fourth-order valence-electron chi connectivity index (χ4n) is 8.17. The van der Waals surface area contributed by atoms with Crippen LogP contribution in [0.3, 0.4) is 0 Å². The maximum Gasteiger partial charge on any atom is 0.234 e. The molecular weight excluding hydrogens is 679 g/mol. The van der Waals surface area contributed by atoms with Crippen LogP contribution in [-0.2, 0) is 20.9 Å². The summed E-state index contributed by atoms with van der Waals surface area (Å²) in [6, 6.07) is 14.3. The minimum Gasteiger partial charge on any atom is -0.504 e. The topological polar surface area (TPSA) is 79.3 Å². The third kappa shape index (κ3) is 6.60. The molecule has 4 atom stereocenters. The second-order valence-electron chi connectivity index (χ2n) is 13.2. The summed E-state index contributed by atoms with van der Waals surface area (Å²) >= 11 is 2.13. The number of phenols is 1. The first kappa shape index (κ1) is 32.3. The molecule has 2 amide bonds. The van der Waals surface area contributed by atoms with Crippen LogP contribution in [-0.4, -0.2) is 65.7 Å². The monoisotopic (exact) mass is 724 g/mol. The van der Waals surface area contributed by atoms with E-state index < -0.39 is 0 Å². The van der Waals surface area contributed by atoms with Gasteiger partial charge in [-0.15, -0.1) is 0 Å². The van der Waals surface area contributed by atoms with E-state index in [0.717, 1.165) is 67.3 Å². The lowest BCUT2D eigenvalue weighted by Crippen LogP contribution is -2.47. The first-order valence-corrected chi connectivity index (χ1v) is 17.6. The molecule has 2 aromatic carbocycles. The molecule has 3 aliphatic heterocycles. The predicted octanol–water partition coefficient (Wildman–Crippen LogP) is 6.97. The number of nitrogens with zero attached hydrogens (tertiary/aromatic N) is 2. The summed E-state index contributed by atoms with van der Waals surface area (Å²) in [5, 5.41) is 10.3. The highest BCUT2D eigenvalue weighted by Gasteiger charge is 2.57. The molecule has 45 heavy (non-hydrogen) atoms. The van der Waals surface area contributed by atoms with Crippen molar-refractivity contribution in [2.45, 2.75) is 77.5 Å². The Bertz CT molecular complexity index is 1480. The summed E-state index contributed by atoms with van der Waals surface area (Å²) in [7, 11) is 1.57. The number of imide groups is 1. The van der Waals surface area contributed by atoms with Gasteiger partial charge in [-0.05, 0) is 96.9 Å². The van der Waals surface area contributed by atoms with Gasteiger partial charge in [-0.1, -0.05) is 60.9 Å². The largest absolute Gasteiger partial charge is 0.504 e. The molecule has 3 saturated heterocycles. The minimum absolute atomic E-state index is 0.00471. The number of phenolic OH excluding ortho intramolecular Hbond substituents is 1. The summed E-state index contributed by atoms with van der Waals surface area (Å²) in [6.45, 7) is 7.55. The van der Waals surface area contributed by atoms with Crippen LogP contribution in [0.15, 0.2) is 59.2 Å². The van der Waals surface area contributed by atoms with Crippen molar-refractivity contribution < 1.29 is 24.2 Å². The fourth-order valence-corrected chi connectivity index (χ4v) is 8.79. The Labute approximate surface area is 280 Å². The van der Waals surface area contributed by atoms with E-state index in [1.807, 2.05) is 18.2 Å². The van der Waals surface area contributed by atoms with Gasteiger partial charge in [-0.3, -0.25) is 19.4 Å². The third-order valence-corrected chi connectivity index (χ3v) is 11.1. The summed E-state index contributed by atoms with van der Waals surface area (Å²) in [5.74, 6) is 0.177. The van der Waals surface area contributed by atoms with Gasteiger partial charge < -0.3 is 14.6 Å². The number of benzene rings is 2. The van der Waals surface area contributed by atoms with Crippen molar-refractivity contribution in [2.75, 3.05) is 26.8 Å². The van der Waals surface area contributed by atoms with Gasteiger partial charge in [-0.25, -0.2) is 0 Å². The van der Waals surface area contributed by atoms with Crippen LogP contribution >= 0.6 is 22.6 Å². The van der Waals surface area contributed by atoms with Gasteiger partial charge in [0.05, 0.1) is 35.2 Å². The molecule has 0 radical (unpaired) electrons. The maximum absolute atomic E-state index is 14.0. The number of amides is 2. The number of allylic oxidation sites excluding steroid dienone is 2. The minimum atomic E-state index is -0.291. The van der Waals surface area contributed by atoms with E-state index in [1.54, 1.807) is 12.0 Å². The molecule has 3 fully saturated rings. The van der Waals surface area contributed by atoms with Crippen molar-refractivity contribution in [3.05, 3.63) is 73.9 Å². The van der Waals surface area contributed by atoms with Gasteiger partial charge in [0.1, 0.15) is 0 Å². The number of carbonyl (C=O) groups excluding carboxylic acids is 2. The normalized spacial score (nSPS) is 26.0. The number of aromatic hydroxyl groups is 1. The van der Waals surface area contributed by atoms with Crippen molar-refractivity contribution in [3.8, 4) is 11.5 Å². The SMILES string of the molecule is CCC/C(=C\c1cc(I)c(O)c(OC)c1)CC[C@H]1OC[C@H]2C1=C(C)C[C@H]1C(=O)N(C3CCN(Cc4ccccc4)CC3)C(=O)[C@H]12. The summed E-state index contributed by atoms with van der Waals surface area (Å²) in [4.78, 5) is 31.9. The molecule has 8 heteroatoms. The van der Waals surface area contributed by atoms with E-state index in [4.69, 9.17) is 9.47 Å². The fraction of sp³-hybridized carbons (Fsp3) is 0.514. The van der Waals surface area contributed by atoms with Crippen molar-refractivity contribution in [1.82, 2.24) is 9.80 Å². The summed E-state index contributed by atoms with van der Waals surface area (Å²) < 4.78 is 12.6. The van der Waals surface area contributed by atoms with Crippen molar-refractivity contribution >= 4 is 40.5 Å². The van der Waals surface area contributed by atoms with Gasteiger partial charge in [0, 0.05) is 31.6 Å². The molecule has 7 nitrogen and oxygen atoms in total. The number of fused-ring (bicyclic) bond motifs is 3. The highest BCUT2D eigenvalue weighted by Crippen LogP contribution is 2.50. The number of piperidine rings is 1. The average Bonchev–Trinajstić information content (AvgIpc) is 3.57. The Balaban J connectivity index is 1.11. The van der Waals surface area contributed by atoms with Gasteiger partial charge in [0.25, 0.3) is 0 Å². The van der Waals surface area contributed by atoms with E-state index >= 15 is 0 Å². The highest BCUT2D eigenvalue weighted by molar-refractivity contribution is 14.1. The predicted molar refractivity (Wildman–Crippen MR) is 184 cm³/mol. The van der Waals surface area contributed by atoms with E-state index in [0.29, 0.717) is 18.8 Å². The van der Waals surface area contributed by atoms with Crippen LogP contribution in [0.4, 0.5) is 0 Å². The smallest absolute Gasteiger partial charge is 0.234 e. The first-order valence-electron chi connectivity index (χ1n) is 16.5. The molecular formula is C37H45IN2O5. The summed E-state index contributed by atoms with van der Waals surface area (Å²) in [6.07, 6.45) is 8.27. The molecule has 1 aliphatic carbocycles. The molecule has 1 N–H and O–H groups in total. The Hall–Kier alpha value is -2.69. The molecule has 4 aliphatic rings. The van der Waals surface area contributed by atoms with E-state index in [-0.39, 0.29) is 47.5 Å². The van der Waals surface area contributed by atoms with Crippen LogP contribution in [0.5, 0.6) is 11.5 Å². The number of hydrogen-bond donors (Lipinski definition) is 1. The molecule has 0 saturated carbocycles. The molecule has 6 rings (SSSR count). The standard InChI is InChI=1S/C37H45IN2O5/c1-4-8-24(18-26-19-30(38)35(41)32(20-26)44-3)11-12-31-33-23(2)17-28-34(29(33)22-45-31)37(43)40(36(28)42)27-13-15-39(16-14-27)21-25-9-6-5-7-10-25/h5-7,9-10,18-20,27-29,31,34,41H,4,8,11-17,21-22H2,1-3H3/b24-18+/t28-,29+,31-,34-/m1/s1. The Morgan fingerprint density at radius 1 is 1.09 bits per heavy atom. The van der Waals surface area contributed by atoms with Gasteiger partial charge in [0.2, 0.25) is 11.8 Å². The molecule has 0 aromatic heterocycles. The van der Waals surface area contributed by atoms with Crippen molar-refractivity contribution in [1.29, 1.82) is 0 Å². The second-order valence-corrected chi connectivity index (χ2v) is 14.3. The number of likely N-dealkylation sites (tertiary alicyclic amines) is 2. The third-order valence-electron chi connectivity index (χ3n) is 10.3. The van der Waals surface area contributed by atoms with Crippen LogP contribution in [0.1, 0.15) is 69.9 Å². The number of halogens is 1. The molecule has 0 unspecified atom stereocenters. The quantitative estimate of drug-likeness (QED) is 0.162. The molecule has 3 heterocycles. The number of methoxy groups -OCH3 is 1. The zero-order chi connectivity index (χ0) is 31.7. The molecule has 240 valence electrons. The van der Waals surface area contributed by atoms with Gasteiger partial charge in [0.15, 0.2) is 11.5 Å². The molecule has 2 aromatic rings. The Morgan fingerprint density at radius 2 is 1.84 bits per heavy atom. The number of ether oxygens (including phenoxy) is 2. The van der Waals surface area contributed by atoms with Crippen LogP contribution in [0.25, 0.3) is 6.08 Å². The van der Waals surface area contributed by atoms with Crippen LogP contribution in [0, 0.1) is 21.3 Å². The number of hydrogen-bond acceptors (Lipinski definition) is 6. The Morgan fingerprint density at radius 3 is 2.56 bits per heavy atom. The zero-order valence-corrected chi connectivity index (χ0v) is 28.8. The Kier molecular flexibility index (Phi) is 10.0. The lowest BCUT2D eigenvalue weighted by atomic mass is 9.70. The lowest BCUT2D eigenvalue weighted by molar-refractivity contribution is -0.144. The molecule has 0 spiro atoms. The van der Waals surface area contributed by atoms with Crippen LogP contribution < -0.4 is 4.74 Å². The number of carbonyl (C=O) groups is 2. The van der Waals surface area contributed by atoms with E-state index in [1.165, 1.54) is 22.3 Å². The van der Waals surface area contributed by atoms with Gasteiger partial charge >= 0.3 is 0 Å². The van der Waals surface area contributed by atoms with Gasteiger partial charge in [-0.2, -0.15) is 0 Å².